The quantitative estimate of drug-likeness (QED) is 0.494. The molecule has 0 fully saturated rings. The fourth-order valence-electron chi connectivity index (χ4n) is 1.84. The van der Waals surface area contributed by atoms with Crippen molar-refractivity contribution in [1.82, 2.24) is 19.6 Å². The van der Waals surface area contributed by atoms with Gasteiger partial charge >= 0.3 is 18.9 Å². The molecule has 0 saturated carbocycles. The van der Waals surface area contributed by atoms with Crippen molar-refractivity contribution in [1.29, 1.82) is 0 Å². The molecule has 0 aliphatic heterocycles. The van der Waals surface area contributed by atoms with Gasteiger partial charge in [0.25, 0.3) is 0 Å². The molecule has 4 nitrogen and oxygen atoms in total. The van der Waals surface area contributed by atoms with Crippen LogP contribution >= 0.6 is 0 Å². The summed E-state index contributed by atoms with van der Waals surface area (Å²) in [5.41, 5.74) is 3.79. The maximum absolute atomic E-state index is 5.47. The Kier molecular flexibility index (Phi) is 4.53. The molecule has 0 atom stereocenters. The normalized spacial score (nSPS) is 10.7. The SMILES string of the molecule is Cc1cc(C)n(C([S-])n2nc(C)cc2C)n1.[Li+]. The molecule has 0 aromatic carbocycles. The second-order valence-electron chi connectivity index (χ2n) is 4.07. The van der Waals surface area contributed by atoms with Gasteiger partial charge in [-0.15, -0.1) is 0 Å². The molecule has 0 unspecified atom stereocenters. The minimum Gasteiger partial charge on any atom is -0.742 e. The molecule has 0 radical (unpaired) electrons. The molecule has 6 heteroatoms. The van der Waals surface area contributed by atoms with Gasteiger partial charge in [-0.2, -0.15) is 10.2 Å². The van der Waals surface area contributed by atoms with E-state index in [1.165, 1.54) is 0 Å². The molecule has 2 aromatic rings. The van der Waals surface area contributed by atoms with E-state index >= 15 is 0 Å². The first-order chi connectivity index (χ1) is 7.49. The van der Waals surface area contributed by atoms with Crippen molar-refractivity contribution in [2.45, 2.75) is 33.2 Å². The second kappa shape index (κ2) is 5.34. The number of nitrogens with zero attached hydrogens (tertiary/aromatic N) is 4. The monoisotopic (exact) mass is 242 g/mol. The van der Waals surface area contributed by atoms with Crippen molar-refractivity contribution in [3.05, 3.63) is 34.9 Å². The third kappa shape index (κ3) is 2.79. The number of rotatable bonds is 2. The third-order valence-electron chi connectivity index (χ3n) is 2.51. The molecule has 86 valence electrons. The van der Waals surface area contributed by atoms with Crippen LogP contribution in [0.3, 0.4) is 0 Å². The summed E-state index contributed by atoms with van der Waals surface area (Å²) in [6.07, 6.45) is 0. The van der Waals surface area contributed by atoms with E-state index in [0.717, 1.165) is 22.8 Å². The van der Waals surface area contributed by atoms with Crippen molar-refractivity contribution in [2.75, 3.05) is 0 Å². The van der Waals surface area contributed by atoms with Gasteiger partial charge in [-0.25, -0.2) is 0 Å². The zero-order valence-corrected chi connectivity index (χ0v) is 11.7. The van der Waals surface area contributed by atoms with Gasteiger partial charge < -0.3 is 12.6 Å². The molecule has 0 aliphatic carbocycles. The number of aryl methyl sites for hydroxylation is 4. The Hall–Kier alpha value is -0.633. The van der Waals surface area contributed by atoms with Gasteiger partial charge in [0, 0.05) is 16.9 Å². The van der Waals surface area contributed by atoms with Crippen molar-refractivity contribution < 1.29 is 18.9 Å². The summed E-state index contributed by atoms with van der Waals surface area (Å²) in [5.74, 6) is 0. The first-order valence-corrected chi connectivity index (χ1v) is 5.67. The zero-order chi connectivity index (χ0) is 11.9. The number of hydrogen-bond donors (Lipinski definition) is 0. The average molecular weight is 242 g/mol. The average Bonchev–Trinajstić information content (AvgIpc) is 2.68. The van der Waals surface area contributed by atoms with Gasteiger partial charge in [0.15, 0.2) is 0 Å². The first-order valence-electron chi connectivity index (χ1n) is 5.20. The van der Waals surface area contributed by atoms with E-state index in [1.807, 2.05) is 49.2 Å². The fourth-order valence-corrected chi connectivity index (χ4v) is 2.27. The van der Waals surface area contributed by atoms with Crippen LogP contribution in [0, 0.1) is 27.7 Å². The van der Waals surface area contributed by atoms with E-state index in [9.17, 15) is 0 Å². The predicted octanol–water partition coefficient (Wildman–Crippen LogP) is -1.13. The molecular weight excluding hydrogens is 227 g/mol. The Morgan fingerprint density at radius 3 is 1.53 bits per heavy atom. The van der Waals surface area contributed by atoms with Crippen LogP contribution in [-0.2, 0) is 12.6 Å². The molecule has 0 amide bonds. The summed E-state index contributed by atoms with van der Waals surface area (Å²) in [5, 5.41) is 8.78. The number of aromatic nitrogens is 4. The molecule has 2 aromatic heterocycles. The predicted molar refractivity (Wildman–Crippen MR) is 65.2 cm³/mol. The first kappa shape index (κ1) is 14.4. The van der Waals surface area contributed by atoms with E-state index in [4.69, 9.17) is 12.6 Å². The Bertz CT molecular complexity index is 471. The van der Waals surface area contributed by atoms with Gasteiger partial charge in [-0.05, 0) is 39.8 Å². The minimum atomic E-state index is -0.289. The van der Waals surface area contributed by atoms with Gasteiger partial charge in [-0.3, -0.25) is 9.36 Å². The van der Waals surface area contributed by atoms with Gasteiger partial charge in [0.2, 0.25) is 0 Å². The van der Waals surface area contributed by atoms with Crippen LogP contribution in [0.4, 0.5) is 0 Å². The largest absolute Gasteiger partial charge is 1.00 e. The Labute approximate surface area is 119 Å². The van der Waals surface area contributed by atoms with E-state index in [1.54, 1.807) is 0 Å². The van der Waals surface area contributed by atoms with Gasteiger partial charge in [0.05, 0.1) is 11.4 Å². The van der Waals surface area contributed by atoms with Crippen LogP contribution in [0.15, 0.2) is 12.1 Å². The summed E-state index contributed by atoms with van der Waals surface area (Å²) in [6, 6.07) is 4.04. The molecule has 0 N–H and O–H groups in total. The van der Waals surface area contributed by atoms with Crippen LogP contribution in [0.25, 0.3) is 0 Å². The molecule has 0 bridgehead atoms. The minimum absolute atomic E-state index is 0. The molecule has 17 heavy (non-hydrogen) atoms. The van der Waals surface area contributed by atoms with Crippen molar-refractivity contribution in [3.63, 3.8) is 0 Å². The van der Waals surface area contributed by atoms with Crippen LogP contribution in [0.5, 0.6) is 0 Å². The van der Waals surface area contributed by atoms with Crippen LogP contribution in [-0.4, -0.2) is 19.6 Å². The Morgan fingerprint density at radius 2 is 1.29 bits per heavy atom. The van der Waals surface area contributed by atoms with Crippen molar-refractivity contribution >= 4 is 12.6 Å². The maximum atomic E-state index is 5.47. The fraction of sp³-hybridized carbons (Fsp3) is 0.455. The van der Waals surface area contributed by atoms with Crippen molar-refractivity contribution in [3.8, 4) is 0 Å². The summed E-state index contributed by atoms with van der Waals surface area (Å²) in [6.45, 7) is 7.94. The van der Waals surface area contributed by atoms with E-state index < -0.39 is 0 Å². The summed E-state index contributed by atoms with van der Waals surface area (Å²) in [4.78, 5) is 0. The molecular formula is C11H15LiN4S. The zero-order valence-electron chi connectivity index (χ0n) is 10.9. The molecule has 0 aliphatic rings. The molecule has 0 saturated heterocycles. The maximum Gasteiger partial charge on any atom is 1.00 e. The Morgan fingerprint density at radius 1 is 0.941 bits per heavy atom. The van der Waals surface area contributed by atoms with E-state index in [2.05, 4.69) is 10.2 Å². The topological polar surface area (TPSA) is 35.6 Å². The summed E-state index contributed by atoms with van der Waals surface area (Å²) in [7, 11) is 0. The van der Waals surface area contributed by atoms with Crippen LogP contribution in [0.2, 0.25) is 0 Å². The summed E-state index contributed by atoms with van der Waals surface area (Å²) < 4.78 is 3.65. The smallest absolute Gasteiger partial charge is 0.742 e. The molecule has 2 heterocycles. The van der Waals surface area contributed by atoms with Gasteiger partial charge in [-0.1, -0.05) is 0 Å². The Balaban J connectivity index is 0.00000144. The van der Waals surface area contributed by atoms with Gasteiger partial charge in [0.1, 0.15) is 0 Å². The summed E-state index contributed by atoms with van der Waals surface area (Å²) >= 11 is 5.47. The van der Waals surface area contributed by atoms with E-state index in [-0.39, 0.29) is 24.4 Å². The molecule has 2 rings (SSSR count). The van der Waals surface area contributed by atoms with Crippen molar-refractivity contribution in [2.24, 2.45) is 0 Å². The standard InChI is InChI=1S/C11H16N4S.Li/c1-7-5-9(3)14(12-7)11(16)15-10(4)6-8(2)13-15;/h5-6,11,16H,1-4H3;/q;+1/p-1. The van der Waals surface area contributed by atoms with Crippen LogP contribution in [0.1, 0.15) is 28.3 Å². The second-order valence-corrected chi connectivity index (χ2v) is 4.49. The van der Waals surface area contributed by atoms with E-state index in [0.29, 0.717) is 0 Å². The van der Waals surface area contributed by atoms with Crippen LogP contribution < -0.4 is 18.9 Å². The number of hydrogen-bond acceptors (Lipinski definition) is 3. The third-order valence-corrected chi connectivity index (χ3v) is 2.91. The molecule has 0 spiro atoms.